The Kier molecular flexibility index (Phi) is 5.87. The molecule has 0 fully saturated rings. The molecule has 0 rings (SSSR count). The molecule has 14 heavy (non-hydrogen) atoms. The lowest BCUT2D eigenvalue weighted by Crippen LogP contribution is -2.40. The molecule has 82 valence electrons. The Morgan fingerprint density at radius 2 is 1.93 bits per heavy atom. The van der Waals surface area contributed by atoms with E-state index in [9.17, 15) is 9.59 Å². The number of hydrogen-bond acceptors (Lipinski definition) is 3. The largest absolute Gasteiger partial charge is 0.368 e. The van der Waals surface area contributed by atoms with E-state index >= 15 is 0 Å². The average molecular weight is 201 g/mol. The van der Waals surface area contributed by atoms with Gasteiger partial charge in [0, 0.05) is 19.0 Å². The van der Waals surface area contributed by atoms with Crippen molar-refractivity contribution in [3.05, 3.63) is 0 Å². The zero-order valence-corrected chi connectivity index (χ0v) is 8.82. The Labute approximate surface area is 84.4 Å². The van der Waals surface area contributed by atoms with Crippen molar-refractivity contribution in [1.29, 1.82) is 0 Å². The predicted molar refractivity (Wildman–Crippen MR) is 54.3 cm³/mol. The van der Waals surface area contributed by atoms with Gasteiger partial charge in [-0.15, -0.1) is 0 Å². The van der Waals surface area contributed by atoms with Crippen molar-refractivity contribution >= 4 is 11.8 Å². The van der Waals surface area contributed by atoms with Gasteiger partial charge >= 0.3 is 0 Å². The predicted octanol–water partition coefficient (Wildman–Crippen LogP) is -0.552. The van der Waals surface area contributed by atoms with Crippen LogP contribution in [0, 0.1) is 0 Å². The van der Waals surface area contributed by atoms with E-state index in [0.717, 1.165) is 6.42 Å². The summed E-state index contributed by atoms with van der Waals surface area (Å²) in [5.41, 5.74) is 10.6. The third-order valence-electron chi connectivity index (χ3n) is 2.04. The summed E-state index contributed by atoms with van der Waals surface area (Å²) in [6.07, 6.45) is 1.03. The number of carbonyl (C=O) groups is 2. The van der Waals surface area contributed by atoms with Gasteiger partial charge in [0.2, 0.25) is 11.8 Å². The number of amides is 2. The number of hydrogen-bond donors (Lipinski definition) is 2. The molecule has 2 amide bonds. The lowest BCUT2D eigenvalue weighted by Gasteiger charge is -2.20. The quantitative estimate of drug-likeness (QED) is 0.604. The summed E-state index contributed by atoms with van der Waals surface area (Å²) < 4.78 is 0. The van der Waals surface area contributed by atoms with E-state index in [0.29, 0.717) is 6.54 Å². The van der Waals surface area contributed by atoms with Gasteiger partial charge in [0.15, 0.2) is 0 Å². The third kappa shape index (κ3) is 4.81. The summed E-state index contributed by atoms with van der Waals surface area (Å²) in [7, 11) is 0. The van der Waals surface area contributed by atoms with E-state index in [-0.39, 0.29) is 24.9 Å². The van der Waals surface area contributed by atoms with E-state index in [2.05, 4.69) is 0 Å². The number of nitrogens with two attached hydrogens (primary N) is 2. The van der Waals surface area contributed by atoms with Crippen LogP contribution in [0.15, 0.2) is 0 Å². The zero-order valence-electron chi connectivity index (χ0n) is 8.82. The molecule has 0 radical (unpaired) electrons. The minimum absolute atomic E-state index is 0.0221. The molecule has 1 atom stereocenters. The monoisotopic (exact) mass is 201 g/mol. The highest BCUT2D eigenvalue weighted by Crippen LogP contribution is 1.99. The van der Waals surface area contributed by atoms with Crippen molar-refractivity contribution in [2.45, 2.75) is 32.7 Å². The van der Waals surface area contributed by atoms with Crippen LogP contribution in [-0.2, 0) is 9.59 Å². The van der Waals surface area contributed by atoms with Crippen molar-refractivity contribution < 1.29 is 9.59 Å². The van der Waals surface area contributed by atoms with Crippen molar-refractivity contribution in [2.24, 2.45) is 11.5 Å². The van der Waals surface area contributed by atoms with Crippen LogP contribution >= 0.6 is 0 Å². The highest BCUT2D eigenvalue weighted by Gasteiger charge is 2.15. The minimum atomic E-state index is -0.495. The maximum absolute atomic E-state index is 11.5. The molecule has 0 aliphatic heterocycles. The topological polar surface area (TPSA) is 89.4 Å². The molecular weight excluding hydrogens is 182 g/mol. The molecule has 0 bridgehead atoms. The molecule has 0 saturated carbocycles. The summed E-state index contributed by atoms with van der Waals surface area (Å²) >= 11 is 0. The van der Waals surface area contributed by atoms with Gasteiger partial charge in [-0.05, 0) is 13.3 Å². The molecular formula is C9H19N3O2. The molecule has 5 nitrogen and oxygen atoms in total. The van der Waals surface area contributed by atoms with Gasteiger partial charge in [-0.25, -0.2) is 0 Å². The lowest BCUT2D eigenvalue weighted by molar-refractivity contribution is -0.135. The number of carbonyl (C=O) groups excluding carboxylic acids is 2. The molecule has 0 saturated heterocycles. The van der Waals surface area contributed by atoms with Crippen LogP contribution < -0.4 is 11.5 Å². The Bertz CT molecular complexity index is 206. The van der Waals surface area contributed by atoms with Gasteiger partial charge in [-0.3, -0.25) is 9.59 Å². The van der Waals surface area contributed by atoms with Crippen molar-refractivity contribution in [3.63, 3.8) is 0 Å². The fourth-order valence-corrected chi connectivity index (χ4v) is 1.06. The van der Waals surface area contributed by atoms with E-state index in [1.807, 2.05) is 6.92 Å². The average Bonchev–Trinajstić information content (AvgIpc) is 2.13. The summed E-state index contributed by atoms with van der Waals surface area (Å²) in [6, 6.07) is -0.135. The standard InChI is InChI=1S/C9H19N3O2/c1-3-7(10)5-9(14)12(4-2)6-8(11)13/h7H,3-6,10H2,1-2H3,(H2,11,13). The normalized spacial score (nSPS) is 12.2. The summed E-state index contributed by atoms with van der Waals surface area (Å²) in [5, 5.41) is 0. The molecule has 0 aliphatic rings. The van der Waals surface area contributed by atoms with E-state index in [1.165, 1.54) is 4.90 Å². The van der Waals surface area contributed by atoms with Crippen LogP contribution in [0.5, 0.6) is 0 Å². The van der Waals surface area contributed by atoms with Crippen LogP contribution in [0.3, 0.4) is 0 Å². The molecule has 4 N–H and O–H groups in total. The Morgan fingerprint density at radius 3 is 2.29 bits per heavy atom. The first-order valence-electron chi connectivity index (χ1n) is 4.82. The van der Waals surface area contributed by atoms with Crippen LogP contribution in [-0.4, -0.2) is 35.8 Å². The van der Waals surface area contributed by atoms with Crippen LogP contribution in [0.2, 0.25) is 0 Å². The summed E-state index contributed by atoms with van der Waals surface area (Å²) in [5.74, 6) is -0.606. The van der Waals surface area contributed by atoms with Crippen molar-refractivity contribution in [2.75, 3.05) is 13.1 Å². The van der Waals surface area contributed by atoms with E-state index in [1.54, 1.807) is 6.92 Å². The first-order valence-corrected chi connectivity index (χ1v) is 4.82. The fourth-order valence-electron chi connectivity index (χ4n) is 1.06. The first kappa shape index (κ1) is 12.9. The maximum atomic E-state index is 11.5. The Balaban J connectivity index is 4.10. The van der Waals surface area contributed by atoms with E-state index in [4.69, 9.17) is 11.5 Å². The Hall–Kier alpha value is -1.10. The van der Waals surface area contributed by atoms with Crippen LogP contribution in [0.1, 0.15) is 26.7 Å². The highest BCUT2D eigenvalue weighted by atomic mass is 16.2. The van der Waals surface area contributed by atoms with Crippen LogP contribution in [0.25, 0.3) is 0 Å². The summed E-state index contributed by atoms with van der Waals surface area (Å²) in [6.45, 7) is 4.19. The van der Waals surface area contributed by atoms with E-state index < -0.39 is 5.91 Å². The van der Waals surface area contributed by atoms with Gasteiger partial charge < -0.3 is 16.4 Å². The second kappa shape index (κ2) is 6.37. The van der Waals surface area contributed by atoms with Crippen molar-refractivity contribution in [1.82, 2.24) is 4.90 Å². The number of rotatable bonds is 6. The molecule has 0 heterocycles. The fraction of sp³-hybridized carbons (Fsp3) is 0.778. The molecule has 0 aromatic carbocycles. The number of primary amides is 1. The van der Waals surface area contributed by atoms with Gasteiger partial charge in [-0.2, -0.15) is 0 Å². The van der Waals surface area contributed by atoms with Gasteiger partial charge in [0.1, 0.15) is 0 Å². The molecule has 5 heteroatoms. The van der Waals surface area contributed by atoms with Crippen LogP contribution in [0.4, 0.5) is 0 Å². The minimum Gasteiger partial charge on any atom is -0.368 e. The zero-order chi connectivity index (χ0) is 11.1. The van der Waals surface area contributed by atoms with Gasteiger partial charge in [0.25, 0.3) is 0 Å². The van der Waals surface area contributed by atoms with Gasteiger partial charge in [-0.1, -0.05) is 6.92 Å². The number of likely N-dealkylation sites (N-methyl/N-ethyl adjacent to an activating group) is 1. The Morgan fingerprint density at radius 1 is 1.36 bits per heavy atom. The maximum Gasteiger partial charge on any atom is 0.237 e. The number of nitrogens with zero attached hydrogens (tertiary/aromatic N) is 1. The first-order chi connectivity index (χ1) is 6.51. The molecule has 0 aliphatic carbocycles. The second-order valence-corrected chi connectivity index (χ2v) is 3.25. The van der Waals surface area contributed by atoms with Crippen molar-refractivity contribution in [3.8, 4) is 0 Å². The summed E-state index contributed by atoms with van der Waals surface area (Å²) in [4.78, 5) is 23.6. The molecule has 1 unspecified atom stereocenters. The SMILES string of the molecule is CCC(N)CC(=O)N(CC)CC(N)=O. The van der Waals surface area contributed by atoms with Gasteiger partial charge in [0.05, 0.1) is 6.54 Å². The second-order valence-electron chi connectivity index (χ2n) is 3.25. The highest BCUT2D eigenvalue weighted by molar-refractivity contribution is 5.84. The molecule has 0 spiro atoms. The lowest BCUT2D eigenvalue weighted by atomic mass is 10.1. The molecule has 0 aromatic rings. The smallest absolute Gasteiger partial charge is 0.237 e. The third-order valence-corrected chi connectivity index (χ3v) is 2.04. The molecule has 0 aromatic heterocycles.